The van der Waals surface area contributed by atoms with Gasteiger partial charge in [-0.15, -0.1) is 0 Å². The summed E-state index contributed by atoms with van der Waals surface area (Å²) in [6.45, 7) is 3.85. The lowest BCUT2D eigenvalue weighted by molar-refractivity contribution is 0.102. The van der Waals surface area contributed by atoms with Crippen LogP contribution >= 0.6 is 11.6 Å². The molecule has 0 fully saturated rings. The van der Waals surface area contributed by atoms with Gasteiger partial charge in [0, 0.05) is 11.3 Å². The topological polar surface area (TPSA) is 75.3 Å². The van der Waals surface area contributed by atoms with Crippen LogP contribution in [0.15, 0.2) is 65.6 Å². The highest BCUT2D eigenvalue weighted by Gasteiger charge is 2.17. The number of carbonyl (C=O) groups excluding carboxylic acids is 1. The molecule has 0 aliphatic heterocycles. The maximum absolute atomic E-state index is 13.1. The van der Waals surface area contributed by atoms with Crippen LogP contribution in [0.25, 0.3) is 0 Å². The SMILES string of the molecule is Cc1cc(C)cc(NC(=O)c2ccc(Cl)c(NS(=O)(=O)c3ccc(F)cc3)c2)c1. The molecule has 3 aromatic carbocycles. The van der Waals surface area contributed by atoms with E-state index >= 15 is 0 Å². The minimum Gasteiger partial charge on any atom is -0.322 e. The number of nitrogens with one attached hydrogen (secondary N) is 2. The first-order valence-electron chi connectivity index (χ1n) is 8.62. The van der Waals surface area contributed by atoms with E-state index in [1.807, 2.05) is 32.0 Å². The van der Waals surface area contributed by atoms with Crippen molar-refractivity contribution < 1.29 is 17.6 Å². The molecule has 0 saturated heterocycles. The van der Waals surface area contributed by atoms with Crippen molar-refractivity contribution in [3.8, 4) is 0 Å². The molecule has 3 rings (SSSR count). The standard InChI is InChI=1S/C21H18ClFN2O3S/c1-13-9-14(2)11-17(10-13)24-21(26)15-3-8-19(22)20(12-15)25-29(27,28)18-6-4-16(23)5-7-18/h3-12,25H,1-2H3,(H,24,26). The van der Waals surface area contributed by atoms with E-state index in [0.717, 1.165) is 35.4 Å². The summed E-state index contributed by atoms with van der Waals surface area (Å²) in [5, 5.41) is 2.91. The number of benzene rings is 3. The average molecular weight is 433 g/mol. The molecule has 3 aromatic rings. The van der Waals surface area contributed by atoms with Crippen LogP contribution in [0.3, 0.4) is 0 Å². The Hall–Kier alpha value is -2.90. The van der Waals surface area contributed by atoms with Gasteiger partial charge in [0.05, 0.1) is 15.6 Å². The first kappa shape index (κ1) is 20.8. The Bertz CT molecular complexity index is 1160. The van der Waals surface area contributed by atoms with Crippen LogP contribution in [0, 0.1) is 19.7 Å². The Morgan fingerprint density at radius 2 is 1.55 bits per heavy atom. The molecule has 0 spiro atoms. The number of hydrogen-bond donors (Lipinski definition) is 2. The van der Waals surface area contributed by atoms with Crippen LogP contribution in [0.5, 0.6) is 0 Å². The fourth-order valence-electron chi connectivity index (χ4n) is 2.81. The van der Waals surface area contributed by atoms with E-state index in [2.05, 4.69) is 10.0 Å². The molecule has 0 heterocycles. The molecule has 0 unspecified atom stereocenters. The molecule has 29 heavy (non-hydrogen) atoms. The van der Waals surface area contributed by atoms with Crippen LogP contribution in [-0.2, 0) is 10.0 Å². The van der Waals surface area contributed by atoms with E-state index < -0.39 is 21.7 Å². The first-order valence-corrected chi connectivity index (χ1v) is 10.5. The summed E-state index contributed by atoms with van der Waals surface area (Å²) in [4.78, 5) is 12.5. The number of rotatable bonds is 5. The number of sulfonamides is 1. The maximum Gasteiger partial charge on any atom is 0.261 e. The van der Waals surface area contributed by atoms with Crippen LogP contribution in [0.1, 0.15) is 21.5 Å². The van der Waals surface area contributed by atoms with Gasteiger partial charge in [0.1, 0.15) is 5.82 Å². The molecular formula is C21H18ClFN2O3S. The summed E-state index contributed by atoms with van der Waals surface area (Å²) in [6, 6.07) is 14.3. The fraction of sp³-hybridized carbons (Fsp3) is 0.0952. The third-order valence-electron chi connectivity index (χ3n) is 4.08. The molecule has 1 amide bonds. The van der Waals surface area contributed by atoms with Gasteiger partial charge >= 0.3 is 0 Å². The largest absolute Gasteiger partial charge is 0.322 e. The van der Waals surface area contributed by atoms with Gasteiger partial charge in [-0.05, 0) is 79.6 Å². The number of halogens is 2. The molecule has 0 bridgehead atoms. The lowest BCUT2D eigenvalue weighted by atomic mass is 10.1. The molecule has 8 heteroatoms. The van der Waals surface area contributed by atoms with Gasteiger partial charge in [-0.2, -0.15) is 0 Å². The van der Waals surface area contributed by atoms with E-state index in [-0.39, 0.29) is 21.2 Å². The zero-order valence-electron chi connectivity index (χ0n) is 15.7. The molecule has 150 valence electrons. The molecule has 0 aliphatic carbocycles. The van der Waals surface area contributed by atoms with Crippen LogP contribution in [0.4, 0.5) is 15.8 Å². The van der Waals surface area contributed by atoms with Crippen LogP contribution in [0.2, 0.25) is 5.02 Å². The lowest BCUT2D eigenvalue weighted by Crippen LogP contribution is -2.15. The number of aryl methyl sites for hydroxylation is 2. The summed E-state index contributed by atoms with van der Waals surface area (Å²) < 4.78 is 40.4. The van der Waals surface area contributed by atoms with Gasteiger partial charge in [-0.25, -0.2) is 12.8 Å². The third kappa shape index (κ3) is 5.13. The summed E-state index contributed by atoms with van der Waals surface area (Å²) in [6.07, 6.45) is 0. The smallest absolute Gasteiger partial charge is 0.261 e. The number of amides is 1. The van der Waals surface area contributed by atoms with Crippen molar-refractivity contribution >= 4 is 38.9 Å². The normalized spacial score (nSPS) is 11.2. The summed E-state index contributed by atoms with van der Waals surface area (Å²) in [7, 11) is -4.00. The Morgan fingerprint density at radius 3 is 2.17 bits per heavy atom. The Kier molecular flexibility index (Phi) is 5.91. The van der Waals surface area contributed by atoms with Crippen LogP contribution in [-0.4, -0.2) is 14.3 Å². The molecule has 5 nitrogen and oxygen atoms in total. The fourth-order valence-corrected chi connectivity index (χ4v) is 4.10. The second-order valence-electron chi connectivity index (χ2n) is 6.58. The highest BCUT2D eigenvalue weighted by molar-refractivity contribution is 7.92. The molecule has 0 radical (unpaired) electrons. The van der Waals surface area contributed by atoms with Gasteiger partial charge in [0.2, 0.25) is 0 Å². The molecule has 0 aliphatic rings. The predicted molar refractivity (Wildman–Crippen MR) is 113 cm³/mol. The van der Waals surface area contributed by atoms with Crippen LogP contribution < -0.4 is 10.0 Å². The van der Waals surface area contributed by atoms with Gasteiger partial charge < -0.3 is 5.32 Å². The molecular weight excluding hydrogens is 415 g/mol. The van der Waals surface area contributed by atoms with E-state index in [9.17, 15) is 17.6 Å². The lowest BCUT2D eigenvalue weighted by Gasteiger charge is -2.12. The third-order valence-corrected chi connectivity index (χ3v) is 5.79. The van der Waals surface area contributed by atoms with E-state index in [1.165, 1.54) is 18.2 Å². The second kappa shape index (κ2) is 8.23. The number of anilines is 2. The second-order valence-corrected chi connectivity index (χ2v) is 8.67. The highest BCUT2D eigenvalue weighted by atomic mass is 35.5. The van der Waals surface area contributed by atoms with Gasteiger partial charge in [-0.1, -0.05) is 17.7 Å². The summed E-state index contributed by atoms with van der Waals surface area (Å²) >= 11 is 6.10. The van der Waals surface area contributed by atoms with Crippen molar-refractivity contribution in [3.05, 3.63) is 88.2 Å². The van der Waals surface area contributed by atoms with Gasteiger partial charge in [0.25, 0.3) is 15.9 Å². The highest BCUT2D eigenvalue weighted by Crippen LogP contribution is 2.26. The van der Waals surface area contributed by atoms with Crippen molar-refractivity contribution in [1.29, 1.82) is 0 Å². The minimum atomic E-state index is -4.00. The summed E-state index contributed by atoms with van der Waals surface area (Å²) in [5.74, 6) is -0.957. The van der Waals surface area contributed by atoms with Crippen molar-refractivity contribution in [2.24, 2.45) is 0 Å². The van der Waals surface area contributed by atoms with E-state index in [1.54, 1.807) is 0 Å². The van der Waals surface area contributed by atoms with Crippen molar-refractivity contribution in [1.82, 2.24) is 0 Å². The van der Waals surface area contributed by atoms with Crippen molar-refractivity contribution in [3.63, 3.8) is 0 Å². The quantitative estimate of drug-likeness (QED) is 0.585. The molecule has 0 saturated carbocycles. The predicted octanol–water partition coefficient (Wildman–Crippen LogP) is 5.15. The van der Waals surface area contributed by atoms with Crippen molar-refractivity contribution in [2.45, 2.75) is 18.7 Å². The Labute approximate surface area is 173 Å². The van der Waals surface area contributed by atoms with Gasteiger partial charge in [-0.3, -0.25) is 9.52 Å². The summed E-state index contributed by atoms with van der Waals surface area (Å²) in [5.41, 5.74) is 2.92. The van der Waals surface area contributed by atoms with E-state index in [0.29, 0.717) is 5.69 Å². The molecule has 2 N–H and O–H groups in total. The Balaban J connectivity index is 1.85. The first-order chi connectivity index (χ1) is 13.6. The van der Waals surface area contributed by atoms with Crippen molar-refractivity contribution in [2.75, 3.05) is 10.0 Å². The maximum atomic E-state index is 13.1. The number of hydrogen-bond acceptors (Lipinski definition) is 3. The zero-order chi connectivity index (χ0) is 21.2. The average Bonchev–Trinajstić information content (AvgIpc) is 2.62. The minimum absolute atomic E-state index is 0.0454. The van der Waals surface area contributed by atoms with Gasteiger partial charge in [0.15, 0.2) is 0 Å². The van der Waals surface area contributed by atoms with E-state index in [4.69, 9.17) is 11.6 Å². The monoisotopic (exact) mass is 432 g/mol. The molecule has 0 atom stereocenters. The Morgan fingerprint density at radius 1 is 0.931 bits per heavy atom. The molecule has 0 aromatic heterocycles. The zero-order valence-corrected chi connectivity index (χ0v) is 17.2. The number of carbonyl (C=O) groups is 1.